The highest BCUT2D eigenvalue weighted by molar-refractivity contribution is 7.52. The molecule has 12 atom stereocenters. The summed E-state index contributed by atoms with van der Waals surface area (Å²) in [5.74, 6) is -0.931. The molecule has 2 fully saturated rings. The number of nitrogens with one attached hydrogen (secondary N) is 4. The Kier molecular flexibility index (Phi) is 19.4. The summed E-state index contributed by atoms with van der Waals surface area (Å²) in [5.41, 5.74) is 9.29. The number of aromatic nitrogens is 4. The van der Waals surface area contributed by atoms with Gasteiger partial charge in [0.05, 0.1) is 37.5 Å². The van der Waals surface area contributed by atoms with Crippen LogP contribution in [0.1, 0.15) is 54.0 Å². The summed E-state index contributed by atoms with van der Waals surface area (Å²) in [7, 11) is -8.40. The van der Waals surface area contributed by atoms with E-state index >= 15 is 0 Å². The number of benzene rings is 2. The Labute approximate surface area is 399 Å². The van der Waals surface area contributed by atoms with Crippen LogP contribution in [0.4, 0.5) is 0 Å². The van der Waals surface area contributed by atoms with Crippen molar-refractivity contribution in [3.05, 3.63) is 127 Å². The number of nitrogens with zero attached hydrogens (tertiary/aromatic N) is 2. The molecule has 0 unspecified atom stereocenters. The third-order valence-corrected chi connectivity index (χ3v) is 13.2. The van der Waals surface area contributed by atoms with Gasteiger partial charge in [-0.1, -0.05) is 36.4 Å². The molecular weight excluding hydrogens is 966 g/mol. The first kappa shape index (κ1) is 55.3. The van der Waals surface area contributed by atoms with E-state index in [0.717, 1.165) is 21.3 Å². The molecule has 0 radical (unpaired) electrons. The summed E-state index contributed by atoms with van der Waals surface area (Å²) < 4.78 is 72.9. The third-order valence-electron chi connectivity index (χ3n) is 9.96. The maximum Gasteiger partial charge on any atom is 0.459 e. The van der Waals surface area contributed by atoms with Gasteiger partial charge in [0, 0.05) is 24.5 Å². The Balaban J connectivity index is 0.000000261. The lowest BCUT2D eigenvalue weighted by Crippen LogP contribution is -2.43. The topological polar surface area (TPSA) is 368 Å². The van der Waals surface area contributed by atoms with Crippen LogP contribution in [-0.2, 0) is 46.7 Å². The first-order valence-electron chi connectivity index (χ1n) is 21.7. The second-order valence-electron chi connectivity index (χ2n) is 16.4. The number of aliphatic hydroxyl groups excluding tert-OH is 2. The molecule has 6 rings (SSSR count). The maximum absolute atomic E-state index is 13.5. The number of ether oxygens (including phenoxy) is 4. The van der Waals surface area contributed by atoms with E-state index in [0.29, 0.717) is 0 Å². The molecule has 2 aromatic carbocycles. The van der Waals surface area contributed by atoms with E-state index in [9.17, 15) is 48.1 Å². The number of nitrogens with two attached hydrogens (primary N) is 2. The van der Waals surface area contributed by atoms with E-state index in [4.69, 9.17) is 48.5 Å². The van der Waals surface area contributed by atoms with Crippen LogP contribution < -0.4 is 53.2 Å². The zero-order chi connectivity index (χ0) is 51.5. The molecule has 384 valence electrons. The van der Waals surface area contributed by atoms with Crippen molar-refractivity contribution in [2.75, 3.05) is 13.2 Å². The average molecular weight is 1020 g/mol. The Morgan fingerprint density at radius 1 is 0.629 bits per heavy atom. The van der Waals surface area contributed by atoms with Crippen LogP contribution in [0, 0.1) is 0 Å². The molecule has 70 heavy (non-hydrogen) atoms. The van der Waals surface area contributed by atoms with Crippen molar-refractivity contribution in [1.82, 2.24) is 29.3 Å². The summed E-state index contributed by atoms with van der Waals surface area (Å²) in [5, 5.41) is 26.2. The van der Waals surface area contributed by atoms with Gasteiger partial charge in [-0.05, 0) is 65.8 Å². The molecule has 0 spiro atoms. The summed E-state index contributed by atoms with van der Waals surface area (Å²) >= 11 is 0. The summed E-state index contributed by atoms with van der Waals surface area (Å²) in [4.78, 5) is 75.5. The molecule has 0 aliphatic carbocycles. The van der Waals surface area contributed by atoms with Gasteiger partial charge in [-0.2, -0.15) is 10.2 Å². The predicted molar refractivity (Wildman–Crippen MR) is 247 cm³/mol. The van der Waals surface area contributed by atoms with Gasteiger partial charge in [0.15, 0.2) is 12.5 Å². The molecule has 26 nitrogen and oxygen atoms in total. The van der Waals surface area contributed by atoms with Crippen LogP contribution in [0.15, 0.2) is 104 Å². The fourth-order valence-corrected chi connectivity index (χ4v) is 9.58. The van der Waals surface area contributed by atoms with Crippen molar-refractivity contribution in [2.24, 2.45) is 11.5 Å². The predicted octanol–water partition coefficient (Wildman–Crippen LogP) is 0.511. The lowest BCUT2D eigenvalue weighted by molar-refractivity contribution is -0.150. The molecule has 4 aromatic rings. The molecule has 2 saturated heterocycles. The number of esters is 2. The smallest absolute Gasteiger partial charge is 0.459 e. The number of hydrogen-bond acceptors (Lipinski definition) is 20. The third kappa shape index (κ3) is 15.2. The fraction of sp³-hybridized carbons (Fsp3) is 0.476. The van der Waals surface area contributed by atoms with Crippen LogP contribution in [0.2, 0.25) is 0 Å². The van der Waals surface area contributed by atoms with Crippen molar-refractivity contribution in [1.29, 1.82) is 0 Å². The number of aliphatic hydroxyl groups is 2. The molecule has 10 N–H and O–H groups in total. The minimum absolute atomic E-state index is 0.204. The number of rotatable bonds is 20. The minimum atomic E-state index is -4.20. The summed E-state index contributed by atoms with van der Waals surface area (Å²) in [6.45, 7) is 8.63. The largest absolute Gasteiger partial charge is 0.462 e. The zero-order valence-corrected chi connectivity index (χ0v) is 40.6. The Bertz CT molecular complexity index is 2520. The molecule has 2 aromatic heterocycles. The van der Waals surface area contributed by atoms with Gasteiger partial charge in [0.2, 0.25) is 0 Å². The van der Waals surface area contributed by atoms with Gasteiger partial charge in [-0.25, -0.2) is 18.7 Å². The van der Waals surface area contributed by atoms with Gasteiger partial charge >= 0.3 is 38.8 Å². The van der Waals surface area contributed by atoms with Crippen LogP contribution in [0.3, 0.4) is 0 Å². The van der Waals surface area contributed by atoms with Crippen LogP contribution in [-0.4, -0.2) is 115 Å². The van der Waals surface area contributed by atoms with Gasteiger partial charge in [-0.15, -0.1) is 0 Å². The minimum Gasteiger partial charge on any atom is -0.462 e. The average Bonchev–Trinajstić information content (AvgIpc) is 3.73. The molecular formula is C42H58N8O18P2. The van der Waals surface area contributed by atoms with E-state index in [1.165, 1.54) is 26.2 Å². The summed E-state index contributed by atoms with van der Waals surface area (Å²) in [6.07, 6.45) is -5.49. The normalized spacial score (nSPS) is 24.6. The number of hydrogen-bond donors (Lipinski definition) is 8. The highest BCUT2D eigenvalue weighted by Crippen LogP contribution is 2.47. The fourth-order valence-electron chi connectivity index (χ4n) is 6.58. The van der Waals surface area contributed by atoms with Crippen LogP contribution >= 0.6 is 15.5 Å². The van der Waals surface area contributed by atoms with E-state index in [2.05, 4.69) is 20.1 Å². The van der Waals surface area contributed by atoms with Gasteiger partial charge < -0.3 is 49.7 Å². The van der Waals surface area contributed by atoms with Crippen LogP contribution in [0.5, 0.6) is 11.5 Å². The Morgan fingerprint density at radius 2 is 0.971 bits per heavy atom. The van der Waals surface area contributed by atoms with Crippen LogP contribution in [0.25, 0.3) is 0 Å². The Morgan fingerprint density at radius 3 is 1.29 bits per heavy atom. The molecule has 2 aliphatic rings. The van der Waals surface area contributed by atoms with E-state index in [-0.39, 0.29) is 23.7 Å². The number of carbonyl (C=O) groups excluding carboxylic acids is 2. The molecule has 0 bridgehead atoms. The molecule has 28 heteroatoms. The lowest BCUT2D eigenvalue weighted by Gasteiger charge is -2.25. The maximum atomic E-state index is 13.5. The van der Waals surface area contributed by atoms with Crippen molar-refractivity contribution < 1.29 is 66.0 Å². The quantitative estimate of drug-likeness (QED) is 0.0441. The Hall–Kier alpha value is -5.60. The molecule has 2 aliphatic heterocycles. The number of aromatic amines is 2. The zero-order valence-electron chi connectivity index (χ0n) is 38.8. The standard InChI is InChI=1S/2C21H29N4O9P/c2*1-12(2)32-20(28)13(3)24-35(30,34-14-7-5-4-6-8-14)31-11-15-18(27)17(22)19(33-15)25-10-9-16(26)23-21(25)29/h2*4-10,12-13,15,17-19,27H,11,22H2,1-3H3,(H,24,30)(H,23,26,29)/t13-,15-,17-,18-,19-,35+;13-,15-,17-,18-,19-,35-/m11/s1. The van der Waals surface area contributed by atoms with Crippen molar-refractivity contribution >= 4 is 27.4 Å². The monoisotopic (exact) mass is 1020 g/mol. The number of H-pyrrole nitrogens is 2. The first-order valence-corrected chi connectivity index (χ1v) is 24.8. The highest BCUT2D eigenvalue weighted by atomic mass is 31.2. The molecule has 4 heterocycles. The van der Waals surface area contributed by atoms with Crippen molar-refractivity contribution in [2.45, 2.75) is 115 Å². The van der Waals surface area contributed by atoms with Gasteiger partial charge in [0.25, 0.3) is 11.1 Å². The van der Waals surface area contributed by atoms with Crippen molar-refractivity contribution in [3.8, 4) is 11.5 Å². The SMILES string of the molecule is CC(C)OC(=O)[C@@H](C)N[P@@](=O)(OC[C@H]1O[C@@H](n2ccc(=O)[nH]c2=O)[C@H](N)[C@@H]1O)Oc1ccccc1.CC(C)OC(=O)[C@@H](C)N[P@](=O)(OC[C@H]1O[C@@H](n2ccc(=O)[nH]c2=O)[C@H](N)[C@@H]1O)Oc1ccccc1. The highest BCUT2D eigenvalue weighted by Gasteiger charge is 2.46. The van der Waals surface area contributed by atoms with Gasteiger partial charge in [0.1, 0.15) is 48.0 Å². The second-order valence-corrected chi connectivity index (χ2v) is 19.8. The van der Waals surface area contributed by atoms with Crippen molar-refractivity contribution in [3.63, 3.8) is 0 Å². The van der Waals surface area contributed by atoms with Gasteiger partial charge in [-0.3, -0.25) is 47.3 Å². The molecule has 0 amide bonds. The van der Waals surface area contributed by atoms with E-state index in [1.807, 2.05) is 0 Å². The lowest BCUT2D eigenvalue weighted by atomic mass is 10.1. The van der Waals surface area contributed by atoms with E-state index < -0.39 is 124 Å². The second kappa shape index (κ2) is 24.5. The molecule has 0 saturated carbocycles. The summed E-state index contributed by atoms with van der Waals surface area (Å²) in [6, 6.07) is 14.3. The number of carbonyl (C=O) groups is 2. The first-order chi connectivity index (χ1) is 33.0. The van der Waals surface area contributed by atoms with E-state index in [1.54, 1.807) is 88.4 Å². The number of para-hydroxylation sites is 2.